The Bertz CT molecular complexity index is 508. The van der Waals surface area contributed by atoms with Gasteiger partial charge in [-0.2, -0.15) is 0 Å². The second-order valence-corrected chi connectivity index (χ2v) is 6.87. The first kappa shape index (κ1) is 10.3. The van der Waals surface area contributed by atoms with Crippen LogP contribution in [0.4, 0.5) is 0 Å². The van der Waals surface area contributed by atoms with Crippen LogP contribution in [0.1, 0.15) is 24.2 Å². The van der Waals surface area contributed by atoms with Crippen molar-refractivity contribution >= 4 is 9.84 Å². The first-order chi connectivity index (χ1) is 7.61. The molecular weight excluding hydrogens is 226 g/mol. The monoisotopic (exact) mass is 241 g/mol. The molecule has 1 unspecified atom stereocenters. The molecule has 0 aliphatic carbocycles. The summed E-state index contributed by atoms with van der Waals surface area (Å²) in [7, 11) is -2.93. The van der Waals surface area contributed by atoms with Crippen molar-refractivity contribution in [2.45, 2.75) is 24.8 Å². The Morgan fingerprint density at radius 1 is 1.44 bits per heavy atom. The van der Waals surface area contributed by atoms with Gasteiger partial charge in [-0.25, -0.2) is 13.4 Å². The summed E-state index contributed by atoms with van der Waals surface area (Å²) < 4.78 is 23.6. The maximum Gasteiger partial charge on any atom is 0.152 e. The van der Waals surface area contributed by atoms with Crippen LogP contribution < -0.4 is 5.32 Å². The second-order valence-electron chi connectivity index (χ2n) is 4.68. The van der Waals surface area contributed by atoms with Gasteiger partial charge in [-0.1, -0.05) is 0 Å². The van der Waals surface area contributed by atoms with E-state index < -0.39 is 15.4 Å². The van der Waals surface area contributed by atoms with Crippen LogP contribution >= 0.6 is 0 Å². The molecule has 1 saturated heterocycles. The number of hydrogen-bond donors (Lipinski definition) is 2. The van der Waals surface area contributed by atoms with Gasteiger partial charge in [-0.05, 0) is 12.8 Å². The predicted octanol–water partition coefficient (Wildman–Crippen LogP) is -0.0407. The van der Waals surface area contributed by atoms with Crippen LogP contribution in [-0.4, -0.2) is 36.4 Å². The lowest BCUT2D eigenvalue weighted by molar-refractivity contribution is 0.303. The van der Waals surface area contributed by atoms with E-state index in [1.165, 1.54) is 0 Å². The Kier molecular flexibility index (Phi) is 2.12. The average Bonchev–Trinajstić information content (AvgIpc) is 2.65. The van der Waals surface area contributed by atoms with Crippen LogP contribution in [0.2, 0.25) is 0 Å². The van der Waals surface area contributed by atoms with Crippen molar-refractivity contribution in [2.24, 2.45) is 0 Å². The molecule has 3 heterocycles. The van der Waals surface area contributed by atoms with Crippen molar-refractivity contribution in [3.8, 4) is 0 Å². The van der Waals surface area contributed by atoms with Gasteiger partial charge in [-0.15, -0.1) is 0 Å². The molecule has 6 heteroatoms. The molecule has 1 aromatic heterocycles. The van der Waals surface area contributed by atoms with Crippen molar-refractivity contribution in [3.05, 3.63) is 17.7 Å². The molecule has 0 aromatic carbocycles. The van der Waals surface area contributed by atoms with E-state index in [1.807, 2.05) is 0 Å². The molecule has 0 radical (unpaired) electrons. The van der Waals surface area contributed by atoms with Gasteiger partial charge in [0.25, 0.3) is 0 Å². The number of fused-ring (bicyclic) bond motifs is 2. The number of rotatable bonds is 0. The van der Waals surface area contributed by atoms with E-state index in [1.54, 1.807) is 6.33 Å². The van der Waals surface area contributed by atoms with Gasteiger partial charge in [0, 0.05) is 18.7 Å². The molecule has 2 aliphatic rings. The molecule has 88 valence electrons. The van der Waals surface area contributed by atoms with Crippen molar-refractivity contribution in [1.29, 1.82) is 0 Å². The standard InChI is InChI=1S/C10H15N3O2S/c14-16(15)5-1-3-10(6-16)9-8(2-4-13-10)11-7-12-9/h7,13H,1-6H2,(H,11,12). The smallest absolute Gasteiger partial charge is 0.152 e. The molecule has 1 atom stereocenters. The van der Waals surface area contributed by atoms with Gasteiger partial charge in [-0.3, -0.25) is 0 Å². The summed E-state index contributed by atoms with van der Waals surface area (Å²) in [4.78, 5) is 7.43. The molecule has 0 amide bonds. The van der Waals surface area contributed by atoms with Crippen LogP contribution in [0.15, 0.2) is 6.33 Å². The third-order valence-corrected chi connectivity index (χ3v) is 5.38. The predicted molar refractivity (Wildman–Crippen MR) is 59.9 cm³/mol. The fraction of sp³-hybridized carbons (Fsp3) is 0.700. The zero-order valence-electron chi connectivity index (χ0n) is 8.99. The molecule has 3 rings (SSSR count). The van der Waals surface area contributed by atoms with Gasteiger partial charge < -0.3 is 10.3 Å². The van der Waals surface area contributed by atoms with Gasteiger partial charge in [0.15, 0.2) is 9.84 Å². The first-order valence-corrected chi connectivity index (χ1v) is 7.42. The number of imidazole rings is 1. The van der Waals surface area contributed by atoms with Crippen LogP contribution in [0.25, 0.3) is 0 Å². The van der Waals surface area contributed by atoms with Gasteiger partial charge in [0.2, 0.25) is 0 Å². The maximum atomic E-state index is 11.8. The third kappa shape index (κ3) is 1.48. The van der Waals surface area contributed by atoms with Crippen molar-refractivity contribution in [3.63, 3.8) is 0 Å². The lowest BCUT2D eigenvalue weighted by Gasteiger charge is -2.39. The average molecular weight is 241 g/mol. The minimum absolute atomic E-state index is 0.192. The van der Waals surface area contributed by atoms with E-state index in [0.29, 0.717) is 5.75 Å². The van der Waals surface area contributed by atoms with E-state index in [4.69, 9.17) is 0 Å². The Balaban J connectivity index is 2.07. The Labute approximate surface area is 94.6 Å². The molecule has 1 aromatic rings. The largest absolute Gasteiger partial charge is 0.348 e. The van der Waals surface area contributed by atoms with E-state index in [0.717, 1.165) is 37.2 Å². The molecule has 2 N–H and O–H groups in total. The molecule has 0 saturated carbocycles. The van der Waals surface area contributed by atoms with E-state index in [9.17, 15) is 8.42 Å². The van der Waals surface area contributed by atoms with Gasteiger partial charge in [0.05, 0.1) is 29.1 Å². The van der Waals surface area contributed by atoms with Crippen molar-refractivity contribution in [2.75, 3.05) is 18.1 Å². The highest BCUT2D eigenvalue weighted by molar-refractivity contribution is 7.91. The summed E-state index contributed by atoms with van der Waals surface area (Å²) in [5.41, 5.74) is 1.59. The van der Waals surface area contributed by atoms with E-state index in [2.05, 4.69) is 15.3 Å². The Hall–Kier alpha value is -0.880. The van der Waals surface area contributed by atoms with Gasteiger partial charge >= 0.3 is 0 Å². The zero-order chi connectivity index (χ0) is 11.2. The highest BCUT2D eigenvalue weighted by Crippen LogP contribution is 2.35. The minimum Gasteiger partial charge on any atom is -0.348 e. The SMILES string of the molecule is O=S1(=O)CCCC2(C1)NCCc1[nH]cnc12. The molecule has 1 fully saturated rings. The summed E-state index contributed by atoms with van der Waals surface area (Å²) in [6.45, 7) is 0.824. The highest BCUT2D eigenvalue weighted by atomic mass is 32.2. The van der Waals surface area contributed by atoms with Crippen LogP contribution in [-0.2, 0) is 21.8 Å². The molecule has 1 spiro atoms. The number of aromatic nitrogens is 2. The Morgan fingerprint density at radius 3 is 3.12 bits per heavy atom. The topological polar surface area (TPSA) is 74.8 Å². The van der Waals surface area contributed by atoms with E-state index >= 15 is 0 Å². The number of nitrogens with zero attached hydrogens (tertiary/aromatic N) is 1. The molecule has 2 aliphatic heterocycles. The molecule has 5 nitrogen and oxygen atoms in total. The molecule has 0 bridgehead atoms. The van der Waals surface area contributed by atoms with Crippen molar-refractivity contribution in [1.82, 2.24) is 15.3 Å². The van der Waals surface area contributed by atoms with E-state index in [-0.39, 0.29) is 5.75 Å². The molecular formula is C10H15N3O2S. The molecule has 16 heavy (non-hydrogen) atoms. The van der Waals surface area contributed by atoms with Gasteiger partial charge in [0.1, 0.15) is 0 Å². The zero-order valence-corrected chi connectivity index (χ0v) is 9.81. The highest BCUT2D eigenvalue weighted by Gasteiger charge is 2.44. The first-order valence-electron chi connectivity index (χ1n) is 5.60. The Morgan fingerprint density at radius 2 is 2.31 bits per heavy atom. The lowest BCUT2D eigenvalue weighted by atomic mass is 9.87. The summed E-state index contributed by atoms with van der Waals surface area (Å²) >= 11 is 0. The summed E-state index contributed by atoms with van der Waals surface area (Å²) in [5.74, 6) is 0.508. The quantitative estimate of drug-likeness (QED) is 0.668. The normalized spacial score (nSPS) is 32.5. The van der Waals surface area contributed by atoms with Crippen LogP contribution in [0.5, 0.6) is 0 Å². The second kappa shape index (κ2) is 3.30. The summed E-state index contributed by atoms with van der Waals surface area (Å²) in [5, 5.41) is 3.37. The number of hydrogen-bond acceptors (Lipinski definition) is 4. The number of aromatic amines is 1. The number of H-pyrrole nitrogens is 1. The van der Waals surface area contributed by atoms with Crippen LogP contribution in [0, 0.1) is 0 Å². The summed E-state index contributed by atoms with van der Waals surface area (Å²) in [6, 6.07) is 0. The summed E-state index contributed by atoms with van der Waals surface area (Å²) in [6.07, 6.45) is 4.16. The fourth-order valence-electron chi connectivity index (χ4n) is 2.87. The fourth-order valence-corrected chi connectivity index (χ4v) is 4.74. The van der Waals surface area contributed by atoms with Crippen molar-refractivity contribution < 1.29 is 8.42 Å². The number of sulfone groups is 1. The third-order valence-electron chi connectivity index (χ3n) is 3.54. The maximum absolute atomic E-state index is 11.8. The van der Waals surface area contributed by atoms with Crippen LogP contribution in [0.3, 0.4) is 0 Å². The lowest BCUT2D eigenvalue weighted by Crippen LogP contribution is -2.54. The number of nitrogens with one attached hydrogen (secondary N) is 2. The minimum atomic E-state index is -2.93.